The van der Waals surface area contributed by atoms with Crippen LogP contribution in [0.4, 0.5) is 0 Å². The number of rotatable bonds is 6. The highest BCUT2D eigenvalue weighted by atomic mass is 32.2. The van der Waals surface area contributed by atoms with E-state index < -0.39 is 10.0 Å². The summed E-state index contributed by atoms with van der Waals surface area (Å²) in [5, 5.41) is 2.69. The lowest BCUT2D eigenvalue weighted by Gasteiger charge is -2.25. The minimum atomic E-state index is -3.50. The van der Waals surface area contributed by atoms with E-state index in [4.69, 9.17) is 4.74 Å². The maximum Gasteiger partial charge on any atom is 0.252 e. The zero-order valence-electron chi connectivity index (χ0n) is 16.9. The van der Waals surface area contributed by atoms with Crippen LogP contribution in [0.25, 0.3) is 0 Å². The van der Waals surface area contributed by atoms with Gasteiger partial charge in [-0.25, -0.2) is 8.42 Å². The highest BCUT2D eigenvalue weighted by Crippen LogP contribution is 2.20. The third kappa shape index (κ3) is 5.81. The van der Waals surface area contributed by atoms with Gasteiger partial charge in [-0.3, -0.25) is 9.78 Å². The van der Waals surface area contributed by atoms with Crippen molar-refractivity contribution in [3.05, 3.63) is 53.9 Å². The lowest BCUT2D eigenvalue weighted by Crippen LogP contribution is -2.35. The molecule has 0 saturated carbocycles. The van der Waals surface area contributed by atoms with Gasteiger partial charge in [0.05, 0.1) is 17.6 Å². The molecule has 1 amide bonds. The molecule has 0 unspecified atom stereocenters. The molecular weight excluding hydrogens is 402 g/mol. The number of benzene rings is 1. The van der Waals surface area contributed by atoms with Crippen molar-refractivity contribution in [3.63, 3.8) is 0 Å². The second-order valence-electron chi connectivity index (χ2n) is 6.95. The molecular formula is C22H25N3O4S. The zero-order valence-corrected chi connectivity index (χ0v) is 17.7. The van der Waals surface area contributed by atoms with E-state index in [9.17, 15) is 13.2 Å². The van der Waals surface area contributed by atoms with Crippen molar-refractivity contribution in [3.8, 4) is 17.6 Å². The predicted octanol–water partition coefficient (Wildman–Crippen LogP) is 2.38. The Bertz CT molecular complexity index is 1020. The summed E-state index contributed by atoms with van der Waals surface area (Å²) in [6, 6.07) is 9.68. The van der Waals surface area contributed by atoms with Gasteiger partial charge in [0, 0.05) is 24.3 Å². The molecule has 1 saturated heterocycles. The van der Waals surface area contributed by atoms with E-state index in [1.807, 2.05) is 19.1 Å². The summed E-state index contributed by atoms with van der Waals surface area (Å²) in [6.45, 7) is 3.36. The smallest absolute Gasteiger partial charge is 0.252 e. The quantitative estimate of drug-likeness (QED) is 0.715. The first-order chi connectivity index (χ1) is 14.5. The van der Waals surface area contributed by atoms with Crippen LogP contribution in [0.2, 0.25) is 0 Å². The number of hydrogen-bond donors (Lipinski definition) is 1. The Morgan fingerprint density at radius 3 is 2.50 bits per heavy atom. The van der Waals surface area contributed by atoms with E-state index >= 15 is 0 Å². The summed E-state index contributed by atoms with van der Waals surface area (Å²) in [5.74, 6) is 5.96. The normalized spacial score (nSPS) is 14.4. The van der Waals surface area contributed by atoms with Crippen molar-refractivity contribution in [2.45, 2.75) is 31.1 Å². The first-order valence-electron chi connectivity index (χ1n) is 9.86. The van der Waals surface area contributed by atoms with Crippen molar-refractivity contribution < 1.29 is 17.9 Å². The number of pyridine rings is 1. The van der Waals surface area contributed by atoms with E-state index in [0.717, 1.165) is 25.0 Å². The lowest BCUT2D eigenvalue weighted by molar-refractivity contribution is 0.0958. The van der Waals surface area contributed by atoms with Crippen molar-refractivity contribution in [1.29, 1.82) is 0 Å². The summed E-state index contributed by atoms with van der Waals surface area (Å²) >= 11 is 0. The predicted molar refractivity (Wildman–Crippen MR) is 114 cm³/mol. The third-order valence-electron chi connectivity index (χ3n) is 4.73. The van der Waals surface area contributed by atoms with Gasteiger partial charge in [-0.2, -0.15) is 4.31 Å². The fraction of sp³-hybridized carbons (Fsp3) is 0.364. The summed E-state index contributed by atoms with van der Waals surface area (Å²) in [5.41, 5.74) is 1.30. The van der Waals surface area contributed by atoms with Gasteiger partial charge in [-0.05, 0) is 56.2 Å². The van der Waals surface area contributed by atoms with Gasteiger partial charge in [-0.1, -0.05) is 18.3 Å². The number of aromatic nitrogens is 1. The molecule has 0 spiro atoms. The van der Waals surface area contributed by atoms with Crippen molar-refractivity contribution in [1.82, 2.24) is 14.6 Å². The van der Waals surface area contributed by atoms with Gasteiger partial charge in [0.25, 0.3) is 5.91 Å². The van der Waals surface area contributed by atoms with E-state index in [1.165, 1.54) is 28.6 Å². The van der Waals surface area contributed by atoms with Crippen LogP contribution in [-0.4, -0.2) is 49.9 Å². The fourth-order valence-corrected chi connectivity index (χ4v) is 4.55. The average molecular weight is 428 g/mol. The number of nitrogens with zero attached hydrogens (tertiary/aromatic N) is 2. The maximum atomic E-state index is 12.7. The number of nitrogens with one attached hydrogen (secondary N) is 1. The first kappa shape index (κ1) is 21.8. The highest BCUT2D eigenvalue weighted by molar-refractivity contribution is 7.89. The van der Waals surface area contributed by atoms with E-state index in [1.54, 1.807) is 6.20 Å². The summed E-state index contributed by atoms with van der Waals surface area (Å²) in [6.07, 6.45) is 4.46. The SMILES string of the molecule is Cc1ccc(OCC#CCNC(=O)c2ccc(S(=O)(=O)N3CCCCC3)cc2)cn1. The molecule has 158 valence electrons. The minimum Gasteiger partial charge on any atom is -0.479 e. The molecule has 0 aliphatic carbocycles. The number of carbonyl (C=O) groups is 1. The molecule has 0 radical (unpaired) electrons. The van der Waals surface area contributed by atoms with Crippen LogP contribution >= 0.6 is 0 Å². The lowest BCUT2D eigenvalue weighted by atomic mass is 10.2. The molecule has 30 heavy (non-hydrogen) atoms. The van der Waals surface area contributed by atoms with Gasteiger partial charge >= 0.3 is 0 Å². The van der Waals surface area contributed by atoms with Crippen LogP contribution < -0.4 is 10.1 Å². The summed E-state index contributed by atoms with van der Waals surface area (Å²) < 4.78 is 32.3. The number of ether oxygens (including phenoxy) is 1. The van der Waals surface area contributed by atoms with Gasteiger partial charge in [0.15, 0.2) is 0 Å². The molecule has 1 aliphatic rings. The second-order valence-corrected chi connectivity index (χ2v) is 8.89. The average Bonchev–Trinajstić information content (AvgIpc) is 2.78. The molecule has 1 aromatic carbocycles. The van der Waals surface area contributed by atoms with Crippen molar-refractivity contribution in [2.75, 3.05) is 26.2 Å². The minimum absolute atomic E-state index is 0.169. The number of aryl methyl sites for hydroxylation is 1. The van der Waals surface area contributed by atoms with Gasteiger partial charge in [0.1, 0.15) is 12.4 Å². The molecule has 2 aromatic rings. The summed E-state index contributed by atoms with van der Waals surface area (Å²) in [4.78, 5) is 16.6. The Hall–Kier alpha value is -2.89. The molecule has 1 fully saturated rings. The number of sulfonamides is 1. The number of piperidine rings is 1. The van der Waals surface area contributed by atoms with Crippen LogP contribution in [0.1, 0.15) is 35.3 Å². The summed E-state index contributed by atoms with van der Waals surface area (Å²) in [7, 11) is -3.50. The standard InChI is InChI=1S/C22H25N3O4S/c1-18-7-10-20(17-24-18)29-16-6-3-13-23-22(26)19-8-11-21(12-9-19)30(27,28)25-14-4-2-5-15-25/h7-12,17H,2,4-5,13-16H2,1H3,(H,23,26). The molecule has 3 rings (SSSR count). The molecule has 1 aromatic heterocycles. The van der Waals surface area contributed by atoms with Crippen LogP contribution in [-0.2, 0) is 10.0 Å². The van der Waals surface area contributed by atoms with Crippen LogP contribution in [0.3, 0.4) is 0 Å². The van der Waals surface area contributed by atoms with Crippen molar-refractivity contribution >= 4 is 15.9 Å². The van der Waals surface area contributed by atoms with Crippen LogP contribution in [0, 0.1) is 18.8 Å². The Kier molecular flexibility index (Phi) is 7.44. The Morgan fingerprint density at radius 2 is 1.83 bits per heavy atom. The van der Waals surface area contributed by atoms with Gasteiger partial charge < -0.3 is 10.1 Å². The van der Waals surface area contributed by atoms with Gasteiger partial charge in [-0.15, -0.1) is 0 Å². The van der Waals surface area contributed by atoms with Crippen molar-refractivity contribution in [2.24, 2.45) is 0 Å². The van der Waals surface area contributed by atoms with Crippen LogP contribution in [0.15, 0.2) is 47.5 Å². The highest BCUT2D eigenvalue weighted by Gasteiger charge is 2.25. The second kappa shape index (κ2) is 10.2. The molecule has 8 heteroatoms. The fourth-order valence-electron chi connectivity index (χ4n) is 3.03. The molecule has 2 heterocycles. The molecule has 0 bridgehead atoms. The Labute approximate surface area is 177 Å². The maximum absolute atomic E-state index is 12.7. The molecule has 0 atom stereocenters. The third-order valence-corrected chi connectivity index (χ3v) is 6.64. The zero-order chi connectivity index (χ0) is 21.4. The first-order valence-corrected chi connectivity index (χ1v) is 11.3. The van der Waals surface area contributed by atoms with Crippen LogP contribution in [0.5, 0.6) is 5.75 Å². The van der Waals surface area contributed by atoms with E-state index in [2.05, 4.69) is 22.1 Å². The number of hydrogen-bond acceptors (Lipinski definition) is 5. The van der Waals surface area contributed by atoms with E-state index in [-0.39, 0.29) is 24.0 Å². The number of carbonyl (C=O) groups excluding carboxylic acids is 1. The molecule has 7 nitrogen and oxygen atoms in total. The van der Waals surface area contributed by atoms with Gasteiger partial charge in [0.2, 0.25) is 10.0 Å². The Morgan fingerprint density at radius 1 is 1.10 bits per heavy atom. The topological polar surface area (TPSA) is 88.6 Å². The largest absolute Gasteiger partial charge is 0.479 e. The number of amides is 1. The molecule has 1 aliphatic heterocycles. The Balaban J connectivity index is 1.47. The van der Waals surface area contributed by atoms with E-state index in [0.29, 0.717) is 24.4 Å². The molecule has 1 N–H and O–H groups in total. The monoisotopic (exact) mass is 427 g/mol.